The predicted octanol–water partition coefficient (Wildman–Crippen LogP) is 2.67. The van der Waals surface area contributed by atoms with Crippen molar-refractivity contribution in [1.82, 2.24) is 16.0 Å². The van der Waals surface area contributed by atoms with Crippen LogP contribution in [0.4, 0.5) is 0 Å². The van der Waals surface area contributed by atoms with Crippen molar-refractivity contribution in [2.75, 3.05) is 27.2 Å². The zero-order valence-electron chi connectivity index (χ0n) is 16.9. The Balaban J connectivity index is 0.00000625. The van der Waals surface area contributed by atoms with Crippen molar-refractivity contribution >= 4 is 35.8 Å². The quantitative estimate of drug-likeness (QED) is 0.336. The van der Waals surface area contributed by atoms with Gasteiger partial charge < -0.3 is 20.7 Å². The van der Waals surface area contributed by atoms with E-state index in [1.165, 1.54) is 5.56 Å². The predicted molar refractivity (Wildman–Crippen MR) is 119 cm³/mol. The van der Waals surface area contributed by atoms with Crippen LogP contribution in [-0.4, -0.2) is 44.7 Å². The van der Waals surface area contributed by atoms with E-state index < -0.39 is 0 Å². The maximum Gasteiger partial charge on any atom is 0.239 e. The van der Waals surface area contributed by atoms with Crippen molar-refractivity contribution in [3.05, 3.63) is 29.8 Å². The van der Waals surface area contributed by atoms with Crippen LogP contribution in [0.3, 0.4) is 0 Å². The molecule has 0 aliphatic heterocycles. The first kappa shape index (κ1) is 24.5. The van der Waals surface area contributed by atoms with E-state index in [-0.39, 0.29) is 47.4 Å². The number of hydrogen-bond donors (Lipinski definition) is 3. The van der Waals surface area contributed by atoms with Crippen LogP contribution < -0.4 is 20.7 Å². The molecule has 1 rings (SSSR count). The largest absolute Gasteiger partial charge is 0.497 e. The fraction of sp³-hybridized carbons (Fsp3) is 0.579. The summed E-state index contributed by atoms with van der Waals surface area (Å²) >= 11 is 0. The number of aliphatic imine (C=N–C) groups is 1. The van der Waals surface area contributed by atoms with Gasteiger partial charge in [0.1, 0.15) is 5.75 Å². The normalized spacial score (nSPS) is 12.0. The first-order valence-corrected chi connectivity index (χ1v) is 8.47. The van der Waals surface area contributed by atoms with Gasteiger partial charge in [0.05, 0.1) is 13.7 Å². The van der Waals surface area contributed by atoms with E-state index in [0.29, 0.717) is 12.5 Å². The molecule has 1 aromatic rings. The highest BCUT2D eigenvalue weighted by molar-refractivity contribution is 14.0. The molecule has 26 heavy (non-hydrogen) atoms. The van der Waals surface area contributed by atoms with Crippen molar-refractivity contribution in [3.63, 3.8) is 0 Å². The lowest BCUT2D eigenvalue weighted by atomic mass is 9.84. The van der Waals surface area contributed by atoms with Crippen molar-refractivity contribution in [2.24, 2.45) is 4.99 Å². The van der Waals surface area contributed by atoms with Crippen LogP contribution in [0.25, 0.3) is 0 Å². The summed E-state index contributed by atoms with van der Waals surface area (Å²) in [6.45, 7) is 11.0. The van der Waals surface area contributed by atoms with Crippen LogP contribution in [0, 0.1) is 0 Å². The van der Waals surface area contributed by atoms with E-state index >= 15 is 0 Å². The molecular weight excluding hydrogens is 443 g/mol. The Morgan fingerprint density at radius 1 is 1.08 bits per heavy atom. The molecule has 0 heterocycles. The highest BCUT2D eigenvalue weighted by Gasteiger charge is 2.21. The molecule has 0 saturated carbocycles. The lowest BCUT2D eigenvalue weighted by Gasteiger charge is -2.27. The van der Waals surface area contributed by atoms with Gasteiger partial charge >= 0.3 is 0 Å². The molecule has 0 spiro atoms. The summed E-state index contributed by atoms with van der Waals surface area (Å²) in [5.41, 5.74) is 0.852. The summed E-state index contributed by atoms with van der Waals surface area (Å²) in [6, 6.07) is 8.04. The Labute approximate surface area is 174 Å². The van der Waals surface area contributed by atoms with E-state index in [4.69, 9.17) is 4.74 Å². The molecule has 0 unspecified atom stereocenters. The molecule has 6 nitrogen and oxygen atoms in total. The van der Waals surface area contributed by atoms with E-state index in [0.717, 1.165) is 5.75 Å². The zero-order valence-corrected chi connectivity index (χ0v) is 19.2. The molecule has 7 heteroatoms. The number of guanidine groups is 1. The first-order valence-electron chi connectivity index (χ1n) is 8.47. The summed E-state index contributed by atoms with van der Waals surface area (Å²) in [6.07, 6.45) is 0. The van der Waals surface area contributed by atoms with E-state index in [1.807, 2.05) is 32.9 Å². The first-order chi connectivity index (χ1) is 11.6. The van der Waals surface area contributed by atoms with Gasteiger partial charge in [-0.05, 0) is 38.5 Å². The fourth-order valence-electron chi connectivity index (χ4n) is 2.30. The van der Waals surface area contributed by atoms with E-state index in [1.54, 1.807) is 14.2 Å². The minimum atomic E-state index is -0.244. The summed E-state index contributed by atoms with van der Waals surface area (Å²) in [5, 5.41) is 9.24. The molecule has 0 bridgehead atoms. The van der Waals surface area contributed by atoms with Gasteiger partial charge in [0.2, 0.25) is 5.91 Å². The highest BCUT2D eigenvalue weighted by atomic mass is 127. The Bertz CT molecular complexity index is 593. The number of benzene rings is 1. The second kappa shape index (κ2) is 10.6. The van der Waals surface area contributed by atoms with Crippen LogP contribution in [0.2, 0.25) is 0 Å². The second-order valence-corrected chi connectivity index (χ2v) is 7.69. The highest BCUT2D eigenvalue weighted by Crippen LogP contribution is 2.24. The van der Waals surface area contributed by atoms with Crippen molar-refractivity contribution in [1.29, 1.82) is 0 Å². The number of halogens is 1. The molecule has 0 fully saturated rings. The Kier molecular flexibility index (Phi) is 9.98. The lowest BCUT2D eigenvalue weighted by molar-refractivity contribution is -0.121. The number of hydrogen-bond acceptors (Lipinski definition) is 3. The number of ether oxygens (including phenoxy) is 1. The Hall–Kier alpha value is -1.51. The number of carbonyl (C=O) groups is 1. The summed E-state index contributed by atoms with van der Waals surface area (Å²) in [7, 11) is 3.35. The topological polar surface area (TPSA) is 74.8 Å². The van der Waals surface area contributed by atoms with Gasteiger partial charge in [-0.15, -0.1) is 24.0 Å². The van der Waals surface area contributed by atoms with Gasteiger partial charge in [-0.2, -0.15) is 0 Å². The second-order valence-electron chi connectivity index (χ2n) is 7.69. The molecule has 1 aromatic carbocycles. The van der Waals surface area contributed by atoms with Crippen LogP contribution >= 0.6 is 24.0 Å². The van der Waals surface area contributed by atoms with Gasteiger partial charge in [-0.1, -0.05) is 26.0 Å². The van der Waals surface area contributed by atoms with Gasteiger partial charge in [-0.25, -0.2) is 0 Å². The number of nitrogens with one attached hydrogen (secondary N) is 3. The smallest absolute Gasteiger partial charge is 0.239 e. The minimum absolute atomic E-state index is 0. The number of amides is 1. The fourth-order valence-corrected chi connectivity index (χ4v) is 2.30. The molecular formula is C19H33IN4O2. The SMILES string of the molecule is CN=C(NCC(=O)NC(C)(C)C)NCC(C)(C)c1ccc(OC)cc1.I. The van der Waals surface area contributed by atoms with E-state index in [9.17, 15) is 4.79 Å². The number of carbonyl (C=O) groups excluding carboxylic acids is 1. The number of methoxy groups -OCH3 is 1. The average Bonchev–Trinajstić information content (AvgIpc) is 2.53. The third-order valence-electron chi connectivity index (χ3n) is 3.72. The van der Waals surface area contributed by atoms with Gasteiger partial charge in [0.15, 0.2) is 5.96 Å². The minimum Gasteiger partial charge on any atom is -0.497 e. The Morgan fingerprint density at radius 2 is 1.65 bits per heavy atom. The molecule has 148 valence electrons. The molecule has 0 radical (unpaired) electrons. The number of rotatable bonds is 6. The molecule has 1 amide bonds. The van der Waals surface area contributed by atoms with Crippen LogP contribution in [-0.2, 0) is 10.2 Å². The summed E-state index contributed by atoms with van der Waals surface area (Å²) in [4.78, 5) is 16.1. The summed E-state index contributed by atoms with van der Waals surface area (Å²) in [5.74, 6) is 1.38. The van der Waals surface area contributed by atoms with Crippen molar-refractivity contribution < 1.29 is 9.53 Å². The summed E-state index contributed by atoms with van der Waals surface area (Å²) < 4.78 is 5.20. The van der Waals surface area contributed by atoms with Gasteiger partial charge in [-0.3, -0.25) is 9.79 Å². The molecule has 0 aromatic heterocycles. The van der Waals surface area contributed by atoms with Crippen LogP contribution in [0.1, 0.15) is 40.2 Å². The standard InChI is InChI=1S/C19H32N4O2.HI/c1-18(2,3)23-16(24)12-21-17(20-6)22-13-19(4,5)14-8-10-15(25-7)11-9-14;/h8-11H,12-13H2,1-7H3,(H,23,24)(H2,20,21,22);1H. The van der Waals surface area contributed by atoms with Crippen LogP contribution in [0.5, 0.6) is 5.75 Å². The zero-order chi connectivity index (χ0) is 19.1. The Morgan fingerprint density at radius 3 is 2.12 bits per heavy atom. The van der Waals surface area contributed by atoms with Gasteiger partial charge in [0, 0.05) is 24.5 Å². The van der Waals surface area contributed by atoms with Gasteiger partial charge in [0.25, 0.3) is 0 Å². The third kappa shape index (κ3) is 8.73. The molecule has 0 aliphatic rings. The van der Waals surface area contributed by atoms with Crippen LogP contribution in [0.15, 0.2) is 29.3 Å². The van der Waals surface area contributed by atoms with Crippen molar-refractivity contribution in [3.8, 4) is 5.75 Å². The number of nitrogens with zero attached hydrogens (tertiary/aromatic N) is 1. The molecule has 0 saturated heterocycles. The average molecular weight is 476 g/mol. The van der Waals surface area contributed by atoms with Crippen molar-refractivity contribution in [2.45, 2.75) is 45.6 Å². The third-order valence-corrected chi connectivity index (χ3v) is 3.72. The lowest BCUT2D eigenvalue weighted by Crippen LogP contribution is -2.49. The maximum atomic E-state index is 11.9. The molecule has 0 aliphatic carbocycles. The van der Waals surface area contributed by atoms with E-state index in [2.05, 4.69) is 46.9 Å². The maximum absolute atomic E-state index is 11.9. The molecule has 0 atom stereocenters. The molecule has 3 N–H and O–H groups in total. The monoisotopic (exact) mass is 476 g/mol.